The molecular formula is C21H23N3O5S3. The topological polar surface area (TPSA) is 90.2 Å². The van der Waals surface area contributed by atoms with Gasteiger partial charge < -0.3 is 14.0 Å². The minimum atomic E-state index is -3.73. The fourth-order valence-corrected chi connectivity index (χ4v) is 7.58. The monoisotopic (exact) mass is 493 g/mol. The van der Waals surface area contributed by atoms with Crippen LogP contribution >= 0.6 is 22.7 Å². The van der Waals surface area contributed by atoms with E-state index in [2.05, 4.69) is 11.6 Å². The van der Waals surface area contributed by atoms with E-state index in [4.69, 9.17) is 9.47 Å². The smallest absolute Gasteiger partial charge is 0.266 e. The first-order valence-corrected chi connectivity index (χ1v) is 13.0. The molecule has 1 fully saturated rings. The summed E-state index contributed by atoms with van der Waals surface area (Å²) in [6.07, 6.45) is 2.78. The van der Waals surface area contributed by atoms with Gasteiger partial charge in [0.15, 0.2) is 16.3 Å². The Bertz CT molecular complexity index is 1320. The van der Waals surface area contributed by atoms with E-state index < -0.39 is 22.0 Å². The number of allylic oxidation sites excluding steroid dienone is 1. The molecule has 1 saturated heterocycles. The van der Waals surface area contributed by atoms with Crippen LogP contribution in [0.25, 0.3) is 10.2 Å². The van der Waals surface area contributed by atoms with Gasteiger partial charge in [0.1, 0.15) is 10.3 Å². The summed E-state index contributed by atoms with van der Waals surface area (Å²) in [5, 5.41) is 1.71. The third kappa shape index (κ3) is 4.01. The number of nitrogens with zero attached hydrogens (tertiary/aromatic N) is 3. The molecule has 1 amide bonds. The maximum atomic E-state index is 13.2. The Morgan fingerprint density at radius 2 is 2.06 bits per heavy atom. The van der Waals surface area contributed by atoms with Crippen LogP contribution in [-0.2, 0) is 21.4 Å². The SMILES string of the molecule is C=CCn1c(=NC(=O)C2CCCN2S(=O)(=O)c2cccs2)sc2cc(OC)c(OC)cc21. The molecule has 32 heavy (non-hydrogen) atoms. The zero-order valence-electron chi connectivity index (χ0n) is 17.7. The third-order valence-corrected chi connectivity index (χ3v) is 9.57. The van der Waals surface area contributed by atoms with Crippen molar-refractivity contribution in [3.8, 4) is 11.5 Å². The van der Waals surface area contributed by atoms with Crippen molar-refractivity contribution in [3.05, 3.63) is 47.1 Å². The molecule has 1 aliphatic heterocycles. The minimum Gasteiger partial charge on any atom is -0.493 e. The lowest BCUT2D eigenvalue weighted by Gasteiger charge is -2.20. The summed E-state index contributed by atoms with van der Waals surface area (Å²) in [5.74, 6) is 0.678. The lowest BCUT2D eigenvalue weighted by Crippen LogP contribution is -2.40. The number of carbonyl (C=O) groups excluding carboxylic acids is 1. The molecule has 0 bridgehead atoms. The van der Waals surface area contributed by atoms with E-state index >= 15 is 0 Å². The number of thiazole rings is 1. The van der Waals surface area contributed by atoms with Crippen molar-refractivity contribution in [2.24, 2.45) is 4.99 Å². The molecule has 1 atom stereocenters. The van der Waals surface area contributed by atoms with Gasteiger partial charge in [-0.1, -0.05) is 23.5 Å². The van der Waals surface area contributed by atoms with Crippen molar-refractivity contribution >= 4 is 48.8 Å². The molecule has 3 aromatic rings. The van der Waals surface area contributed by atoms with Gasteiger partial charge in [0.25, 0.3) is 15.9 Å². The Hall–Kier alpha value is -2.47. The first kappa shape index (κ1) is 22.7. The van der Waals surface area contributed by atoms with Gasteiger partial charge in [-0.15, -0.1) is 17.9 Å². The average molecular weight is 494 g/mol. The van der Waals surface area contributed by atoms with Crippen LogP contribution in [0.4, 0.5) is 0 Å². The second-order valence-corrected chi connectivity index (χ2v) is 11.2. The lowest BCUT2D eigenvalue weighted by atomic mass is 10.2. The number of aromatic nitrogens is 1. The number of thiophene rings is 1. The van der Waals surface area contributed by atoms with Gasteiger partial charge in [-0.25, -0.2) is 8.42 Å². The molecule has 0 N–H and O–H groups in total. The first-order chi connectivity index (χ1) is 15.4. The van der Waals surface area contributed by atoms with E-state index in [1.807, 2.05) is 16.7 Å². The Balaban J connectivity index is 1.77. The molecule has 2 aromatic heterocycles. The molecule has 11 heteroatoms. The largest absolute Gasteiger partial charge is 0.493 e. The maximum Gasteiger partial charge on any atom is 0.266 e. The van der Waals surface area contributed by atoms with Crippen molar-refractivity contribution in [2.75, 3.05) is 20.8 Å². The van der Waals surface area contributed by atoms with E-state index in [1.54, 1.807) is 37.8 Å². The van der Waals surface area contributed by atoms with Crippen LogP contribution < -0.4 is 14.3 Å². The van der Waals surface area contributed by atoms with Crippen LogP contribution in [-0.4, -0.2) is 50.0 Å². The molecule has 170 valence electrons. The second kappa shape index (κ2) is 9.18. The zero-order valence-corrected chi connectivity index (χ0v) is 20.1. The highest BCUT2D eigenvalue weighted by molar-refractivity contribution is 7.91. The molecular weight excluding hydrogens is 470 g/mol. The number of carbonyl (C=O) groups is 1. The van der Waals surface area contributed by atoms with Crippen molar-refractivity contribution in [1.29, 1.82) is 0 Å². The molecule has 1 aliphatic rings. The molecule has 0 aliphatic carbocycles. The zero-order chi connectivity index (χ0) is 22.9. The number of methoxy groups -OCH3 is 2. The van der Waals surface area contributed by atoms with Crippen molar-refractivity contribution in [3.63, 3.8) is 0 Å². The molecule has 0 saturated carbocycles. The van der Waals surface area contributed by atoms with Crippen LogP contribution in [0.15, 0.2) is 51.5 Å². The maximum absolute atomic E-state index is 13.2. The number of hydrogen-bond donors (Lipinski definition) is 0. The lowest BCUT2D eigenvalue weighted by molar-refractivity contribution is -0.121. The van der Waals surface area contributed by atoms with Gasteiger partial charge in [-0.05, 0) is 24.3 Å². The van der Waals surface area contributed by atoms with E-state index in [1.165, 1.54) is 15.6 Å². The molecule has 3 heterocycles. The minimum absolute atomic E-state index is 0.236. The van der Waals surface area contributed by atoms with E-state index in [0.717, 1.165) is 21.6 Å². The molecule has 4 rings (SSSR count). The van der Waals surface area contributed by atoms with E-state index in [0.29, 0.717) is 42.2 Å². The first-order valence-electron chi connectivity index (χ1n) is 9.91. The second-order valence-electron chi connectivity index (χ2n) is 7.11. The Labute approximate surface area is 194 Å². The summed E-state index contributed by atoms with van der Waals surface area (Å²) in [5.41, 5.74) is 0.827. The molecule has 8 nitrogen and oxygen atoms in total. The van der Waals surface area contributed by atoms with Gasteiger partial charge in [0.05, 0.1) is 24.4 Å². The van der Waals surface area contributed by atoms with Crippen LogP contribution in [0.2, 0.25) is 0 Å². The molecule has 1 aromatic carbocycles. The summed E-state index contributed by atoms with van der Waals surface area (Å²) < 4.78 is 41.1. The summed E-state index contributed by atoms with van der Waals surface area (Å²) in [6.45, 7) is 4.54. The van der Waals surface area contributed by atoms with Gasteiger partial charge >= 0.3 is 0 Å². The van der Waals surface area contributed by atoms with E-state index in [9.17, 15) is 13.2 Å². The van der Waals surface area contributed by atoms with Crippen molar-refractivity contribution in [2.45, 2.75) is 29.6 Å². The summed E-state index contributed by atoms with van der Waals surface area (Å²) in [6, 6.07) is 6.11. The molecule has 1 unspecified atom stereocenters. The number of hydrogen-bond acceptors (Lipinski definition) is 7. The van der Waals surface area contributed by atoms with Gasteiger partial charge in [0, 0.05) is 25.2 Å². The standard InChI is InChI=1S/C21H23N3O5S3/c1-4-9-23-15-12-16(28-2)17(29-3)13-18(15)31-21(23)22-20(25)14-7-5-10-24(14)32(26,27)19-8-6-11-30-19/h4,6,8,11-14H,1,5,7,9-10H2,2-3H3. The number of rotatable bonds is 7. The number of benzene rings is 1. The quantitative estimate of drug-likeness (QED) is 0.472. The Kier molecular flexibility index (Phi) is 6.52. The van der Waals surface area contributed by atoms with Crippen LogP contribution in [0, 0.1) is 0 Å². The Morgan fingerprint density at radius 3 is 2.72 bits per heavy atom. The van der Waals surface area contributed by atoms with Crippen molar-refractivity contribution in [1.82, 2.24) is 8.87 Å². The predicted octanol–water partition coefficient (Wildman–Crippen LogP) is 3.25. The van der Waals surface area contributed by atoms with Crippen LogP contribution in [0.5, 0.6) is 11.5 Å². The van der Waals surface area contributed by atoms with Gasteiger partial charge in [0.2, 0.25) is 0 Å². The summed E-state index contributed by atoms with van der Waals surface area (Å²) in [7, 11) is -0.603. The Morgan fingerprint density at radius 1 is 1.31 bits per heavy atom. The number of ether oxygens (including phenoxy) is 2. The van der Waals surface area contributed by atoms with Gasteiger partial charge in [-0.2, -0.15) is 9.30 Å². The highest BCUT2D eigenvalue weighted by atomic mass is 32.2. The number of sulfonamides is 1. The molecule has 0 spiro atoms. The summed E-state index contributed by atoms with van der Waals surface area (Å²) >= 11 is 2.48. The fraction of sp³-hybridized carbons (Fsp3) is 0.333. The van der Waals surface area contributed by atoms with Crippen LogP contribution in [0.1, 0.15) is 12.8 Å². The third-order valence-electron chi connectivity index (χ3n) is 5.25. The van der Waals surface area contributed by atoms with E-state index in [-0.39, 0.29) is 4.21 Å². The summed E-state index contributed by atoms with van der Waals surface area (Å²) in [4.78, 5) is 18.0. The number of fused-ring (bicyclic) bond motifs is 1. The predicted molar refractivity (Wildman–Crippen MR) is 125 cm³/mol. The van der Waals surface area contributed by atoms with Crippen molar-refractivity contribution < 1.29 is 22.7 Å². The highest BCUT2D eigenvalue weighted by Crippen LogP contribution is 2.34. The van der Waals surface area contributed by atoms with Crippen LogP contribution in [0.3, 0.4) is 0 Å². The molecule has 0 radical (unpaired) electrons. The highest BCUT2D eigenvalue weighted by Gasteiger charge is 2.40. The van der Waals surface area contributed by atoms with Gasteiger partial charge in [-0.3, -0.25) is 4.79 Å². The number of amides is 1. The average Bonchev–Trinajstić information content (AvgIpc) is 3.54. The fourth-order valence-electron chi connectivity index (χ4n) is 3.76. The normalized spacial score (nSPS) is 17.7.